The van der Waals surface area contributed by atoms with Crippen LogP contribution in [0.1, 0.15) is 51.2 Å². The van der Waals surface area contributed by atoms with Crippen molar-refractivity contribution in [3.05, 3.63) is 70.4 Å². The van der Waals surface area contributed by atoms with Crippen LogP contribution in [-0.2, 0) is 16.1 Å². The third-order valence-corrected chi connectivity index (χ3v) is 7.02. The third-order valence-electron chi connectivity index (χ3n) is 5.86. The number of nitrogens with zero attached hydrogens (tertiary/aromatic N) is 3. The van der Waals surface area contributed by atoms with Crippen molar-refractivity contribution in [1.82, 2.24) is 9.88 Å². The molecule has 4 rings (SSSR count). The summed E-state index contributed by atoms with van der Waals surface area (Å²) >= 11 is 1.10. The molecule has 0 spiro atoms. The molecule has 1 fully saturated rings. The number of hydrogen-bond donors (Lipinski definition) is 0. The van der Waals surface area contributed by atoms with Gasteiger partial charge in [0, 0.05) is 19.0 Å². The third kappa shape index (κ3) is 5.59. The van der Waals surface area contributed by atoms with Crippen molar-refractivity contribution in [3.8, 4) is 0 Å². The van der Waals surface area contributed by atoms with E-state index < -0.39 is 5.97 Å². The van der Waals surface area contributed by atoms with Crippen LogP contribution in [-0.4, -0.2) is 47.4 Å². The minimum atomic E-state index is -0.479. The Morgan fingerprint density at radius 2 is 1.91 bits per heavy atom. The Bertz CT molecular complexity index is 1180. The number of halogens is 1. The van der Waals surface area contributed by atoms with Gasteiger partial charge in [-0.05, 0) is 56.5 Å². The van der Waals surface area contributed by atoms with Gasteiger partial charge in [0.1, 0.15) is 10.7 Å². The van der Waals surface area contributed by atoms with Crippen LogP contribution in [0.25, 0.3) is 0 Å². The first kappa shape index (κ1) is 24.6. The number of rotatable bonds is 7. The monoisotopic (exact) mass is 499 g/mol. The predicted molar refractivity (Wildman–Crippen MR) is 128 cm³/mol. The topological polar surface area (TPSA) is 93.0 Å². The first-order valence-corrected chi connectivity index (χ1v) is 12.2. The average Bonchev–Trinajstić information content (AvgIpc) is 3.53. The van der Waals surface area contributed by atoms with Crippen LogP contribution in [0.2, 0.25) is 0 Å². The number of benzene rings is 1. The average molecular weight is 500 g/mol. The van der Waals surface area contributed by atoms with Gasteiger partial charge in [-0.2, -0.15) is 0 Å². The molecule has 1 aromatic carbocycles. The van der Waals surface area contributed by atoms with Gasteiger partial charge in [-0.1, -0.05) is 23.5 Å². The Labute approximate surface area is 206 Å². The maximum absolute atomic E-state index is 13.7. The van der Waals surface area contributed by atoms with E-state index in [2.05, 4.69) is 4.98 Å². The number of aromatic nitrogens is 1. The van der Waals surface area contributed by atoms with Crippen molar-refractivity contribution in [1.29, 1.82) is 0 Å². The van der Waals surface area contributed by atoms with Crippen LogP contribution >= 0.6 is 11.3 Å². The molecule has 0 atom stereocenters. The number of thiazole rings is 1. The molecular formula is C25H26FN3O5S. The number of amides is 2. The van der Waals surface area contributed by atoms with E-state index in [0.717, 1.165) is 16.9 Å². The van der Waals surface area contributed by atoms with Gasteiger partial charge in [0.15, 0.2) is 10.9 Å². The smallest absolute Gasteiger partial charge is 0.350 e. The number of ether oxygens (including phenoxy) is 1. The predicted octanol–water partition coefficient (Wildman–Crippen LogP) is 4.45. The molecule has 1 aliphatic heterocycles. The molecule has 8 nitrogen and oxygen atoms in total. The Hall–Kier alpha value is -3.53. The van der Waals surface area contributed by atoms with Crippen molar-refractivity contribution >= 4 is 34.3 Å². The highest BCUT2D eigenvalue weighted by Crippen LogP contribution is 2.31. The Kier molecular flexibility index (Phi) is 7.60. The highest BCUT2D eigenvalue weighted by Gasteiger charge is 2.33. The second kappa shape index (κ2) is 10.8. The number of likely N-dealkylation sites (tertiary alicyclic amines) is 1. The lowest BCUT2D eigenvalue weighted by Gasteiger charge is -2.33. The van der Waals surface area contributed by atoms with Gasteiger partial charge in [-0.15, -0.1) is 0 Å². The Morgan fingerprint density at radius 1 is 1.20 bits per heavy atom. The van der Waals surface area contributed by atoms with E-state index in [-0.39, 0.29) is 42.5 Å². The quantitative estimate of drug-likeness (QED) is 0.446. The number of anilines is 1. The summed E-state index contributed by atoms with van der Waals surface area (Å²) in [6.07, 6.45) is 2.43. The summed E-state index contributed by atoms with van der Waals surface area (Å²) in [5.74, 6) is -1.24. The Morgan fingerprint density at radius 3 is 2.54 bits per heavy atom. The van der Waals surface area contributed by atoms with E-state index in [9.17, 15) is 18.8 Å². The number of carbonyl (C=O) groups excluding carboxylic acids is 3. The number of piperidine rings is 1. The second-order valence-electron chi connectivity index (χ2n) is 8.23. The van der Waals surface area contributed by atoms with E-state index in [4.69, 9.17) is 9.15 Å². The molecule has 35 heavy (non-hydrogen) atoms. The van der Waals surface area contributed by atoms with Crippen molar-refractivity contribution in [3.63, 3.8) is 0 Å². The number of esters is 1. The summed E-state index contributed by atoms with van der Waals surface area (Å²) in [6.45, 7) is 4.68. The molecule has 2 aromatic heterocycles. The highest BCUT2D eigenvalue weighted by atomic mass is 32.1. The van der Waals surface area contributed by atoms with E-state index >= 15 is 0 Å². The Balaban J connectivity index is 1.54. The molecule has 1 aliphatic rings. The number of aryl methyl sites for hydroxylation is 1. The minimum Gasteiger partial charge on any atom is -0.462 e. The molecule has 0 radical (unpaired) electrons. The lowest BCUT2D eigenvalue weighted by atomic mass is 9.95. The fourth-order valence-electron chi connectivity index (χ4n) is 4.00. The number of carbonyl (C=O) groups is 3. The normalized spacial score (nSPS) is 14.1. The summed E-state index contributed by atoms with van der Waals surface area (Å²) in [7, 11) is 0. The largest absolute Gasteiger partial charge is 0.462 e. The molecule has 1 saturated heterocycles. The zero-order valence-corrected chi connectivity index (χ0v) is 20.3. The molecule has 10 heteroatoms. The lowest BCUT2D eigenvalue weighted by molar-refractivity contribution is -0.123. The van der Waals surface area contributed by atoms with E-state index in [1.54, 1.807) is 47.9 Å². The fourth-order valence-corrected chi connectivity index (χ4v) is 4.97. The molecule has 184 valence electrons. The standard InChI is InChI=1S/C25H26FN3O5S/c1-3-33-24(32)21-16(2)27-25(35-21)29(15-17-6-8-19(26)9-7-17)22(30)18-10-12-28(13-11-18)23(31)20-5-4-14-34-20/h4-9,14,18H,3,10-13,15H2,1-2H3. The zero-order valence-electron chi connectivity index (χ0n) is 19.5. The van der Waals surface area contributed by atoms with Crippen molar-refractivity contribution < 1.29 is 27.9 Å². The first-order chi connectivity index (χ1) is 16.9. The van der Waals surface area contributed by atoms with Crippen molar-refractivity contribution in [2.75, 3.05) is 24.6 Å². The molecule has 0 unspecified atom stereocenters. The van der Waals surface area contributed by atoms with E-state index in [1.807, 2.05) is 0 Å². The molecule has 2 amide bonds. The van der Waals surface area contributed by atoms with Gasteiger partial charge in [0.05, 0.1) is 25.1 Å². The lowest BCUT2D eigenvalue weighted by Crippen LogP contribution is -2.44. The molecular weight excluding hydrogens is 473 g/mol. The van der Waals surface area contributed by atoms with Gasteiger partial charge < -0.3 is 14.1 Å². The van der Waals surface area contributed by atoms with Crippen LogP contribution in [0.15, 0.2) is 47.1 Å². The summed E-state index contributed by atoms with van der Waals surface area (Å²) in [4.78, 5) is 46.6. The van der Waals surface area contributed by atoms with Crippen molar-refractivity contribution in [2.45, 2.75) is 33.2 Å². The van der Waals surface area contributed by atoms with Gasteiger partial charge in [0.25, 0.3) is 5.91 Å². The first-order valence-electron chi connectivity index (χ1n) is 11.4. The van der Waals surface area contributed by atoms with Crippen LogP contribution in [0.4, 0.5) is 9.52 Å². The molecule has 0 saturated carbocycles. The molecule has 0 aliphatic carbocycles. The number of furan rings is 1. The summed E-state index contributed by atoms with van der Waals surface area (Å²) in [5.41, 5.74) is 1.22. The van der Waals surface area contributed by atoms with Crippen LogP contribution in [0.5, 0.6) is 0 Å². The summed E-state index contributed by atoms with van der Waals surface area (Å²) in [5, 5.41) is 0.383. The summed E-state index contributed by atoms with van der Waals surface area (Å²) < 4.78 is 23.8. The zero-order chi connectivity index (χ0) is 24.9. The number of hydrogen-bond acceptors (Lipinski definition) is 7. The van der Waals surface area contributed by atoms with E-state index in [0.29, 0.717) is 41.6 Å². The van der Waals surface area contributed by atoms with Crippen LogP contribution in [0, 0.1) is 18.7 Å². The summed E-state index contributed by atoms with van der Waals surface area (Å²) in [6, 6.07) is 9.20. The van der Waals surface area contributed by atoms with E-state index in [1.165, 1.54) is 18.4 Å². The molecule has 3 heterocycles. The maximum Gasteiger partial charge on any atom is 0.350 e. The highest BCUT2D eigenvalue weighted by molar-refractivity contribution is 7.17. The minimum absolute atomic E-state index is 0.149. The van der Waals surface area contributed by atoms with Gasteiger partial charge >= 0.3 is 5.97 Å². The molecule has 0 bridgehead atoms. The second-order valence-corrected chi connectivity index (χ2v) is 9.20. The van der Waals surface area contributed by atoms with Gasteiger partial charge in [0.2, 0.25) is 5.91 Å². The van der Waals surface area contributed by atoms with Crippen molar-refractivity contribution in [2.24, 2.45) is 5.92 Å². The van der Waals surface area contributed by atoms with Gasteiger partial charge in [-0.25, -0.2) is 14.2 Å². The van der Waals surface area contributed by atoms with Gasteiger partial charge in [-0.3, -0.25) is 14.5 Å². The molecule has 3 aromatic rings. The fraction of sp³-hybridized carbons (Fsp3) is 0.360. The van der Waals surface area contributed by atoms with Crippen LogP contribution < -0.4 is 4.90 Å². The molecule has 0 N–H and O–H groups in total. The van der Waals surface area contributed by atoms with Crippen LogP contribution in [0.3, 0.4) is 0 Å². The maximum atomic E-state index is 13.7. The SMILES string of the molecule is CCOC(=O)c1sc(N(Cc2ccc(F)cc2)C(=O)C2CCN(C(=O)c3ccco3)CC2)nc1C.